The molecule has 0 bridgehead atoms. The molecule has 0 aliphatic carbocycles. The molecular formula is C16H27N3O2S. The van der Waals surface area contributed by atoms with Gasteiger partial charge in [0, 0.05) is 30.7 Å². The average Bonchev–Trinajstić information content (AvgIpc) is 2.92. The fourth-order valence-electron chi connectivity index (χ4n) is 2.81. The number of amides is 2. The van der Waals surface area contributed by atoms with Crippen LogP contribution in [0.5, 0.6) is 0 Å². The first-order valence-electron chi connectivity index (χ1n) is 8.18. The molecule has 1 atom stereocenters. The Kier molecular flexibility index (Phi) is 6.64. The second kappa shape index (κ2) is 8.48. The Balaban J connectivity index is 1.56. The van der Waals surface area contributed by atoms with E-state index in [0.29, 0.717) is 5.92 Å². The van der Waals surface area contributed by atoms with Crippen LogP contribution in [0.4, 0.5) is 4.79 Å². The highest BCUT2D eigenvalue weighted by molar-refractivity contribution is 7.09. The third kappa shape index (κ3) is 5.25. The second-order valence-corrected chi connectivity index (χ2v) is 7.08. The van der Waals surface area contributed by atoms with Gasteiger partial charge in [0.25, 0.3) is 0 Å². The van der Waals surface area contributed by atoms with Gasteiger partial charge in [-0.3, -0.25) is 0 Å². The molecule has 1 unspecified atom stereocenters. The van der Waals surface area contributed by atoms with Gasteiger partial charge in [-0.25, -0.2) is 9.78 Å². The van der Waals surface area contributed by atoms with Gasteiger partial charge in [-0.1, -0.05) is 0 Å². The van der Waals surface area contributed by atoms with E-state index in [1.165, 1.54) is 5.01 Å². The van der Waals surface area contributed by atoms with Gasteiger partial charge in [-0.15, -0.1) is 11.3 Å². The summed E-state index contributed by atoms with van der Waals surface area (Å²) in [5.41, 5.74) is 1.09. The molecule has 1 aliphatic rings. The van der Waals surface area contributed by atoms with Crippen LogP contribution in [0.3, 0.4) is 0 Å². The Morgan fingerprint density at radius 3 is 2.82 bits per heavy atom. The van der Waals surface area contributed by atoms with Crippen molar-refractivity contribution in [3.05, 3.63) is 16.1 Å². The lowest BCUT2D eigenvalue weighted by Gasteiger charge is -2.33. The molecular weight excluding hydrogens is 298 g/mol. The smallest absolute Gasteiger partial charge is 0.317 e. The number of rotatable bonds is 6. The number of aromatic nitrogens is 1. The molecule has 2 heterocycles. The van der Waals surface area contributed by atoms with Crippen LogP contribution in [-0.4, -0.2) is 46.8 Å². The highest BCUT2D eigenvalue weighted by Gasteiger charge is 2.24. The number of hydrogen-bond donors (Lipinski definition) is 2. The number of unbranched alkanes of at least 4 members (excludes halogenated alkanes) is 1. The predicted octanol–water partition coefficient (Wildman–Crippen LogP) is 2.58. The summed E-state index contributed by atoms with van der Waals surface area (Å²) in [6.45, 7) is 6.07. The molecule has 2 amide bonds. The Labute approximate surface area is 136 Å². The first kappa shape index (κ1) is 17.2. The number of aliphatic hydroxyl groups excluding tert-OH is 1. The molecule has 0 aromatic carbocycles. The van der Waals surface area contributed by atoms with E-state index in [2.05, 4.69) is 15.7 Å². The summed E-state index contributed by atoms with van der Waals surface area (Å²) in [6, 6.07) is 0.0362. The maximum Gasteiger partial charge on any atom is 0.317 e. The number of nitrogens with one attached hydrogen (secondary N) is 1. The molecule has 0 saturated carbocycles. The van der Waals surface area contributed by atoms with Gasteiger partial charge < -0.3 is 15.3 Å². The molecule has 1 saturated heterocycles. The Morgan fingerprint density at radius 2 is 2.23 bits per heavy atom. The summed E-state index contributed by atoms with van der Waals surface area (Å²) in [5, 5.41) is 15.8. The van der Waals surface area contributed by atoms with Gasteiger partial charge in [0.2, 0.25) is 0 Å². The van der Waals surface area contributed by atoms with E-state index in [-0.39, 0.29) is 12.1 Å². The van der Waals surface area contributed by atoms with Crippen LogP contribution < -0.4 is 5.32 Å². The molecule has 2 rings (SSSR count). The Morgan fingerprint density at radius 1 is 1.50 bits per heavy atom. The number of nitrogens with zero attached hydrogens (tertiary/aromatic N) is 2. The largest absolute Gasteiger partial charge is 0.393 e. The van der Waals surface area contributed by atoms with Gasteiger partial charge in [-0.2, -0.15) is 0 Å². The van der Waals surface area contributed by atoms with Gasteiger partial charge in [0.05, 0.1) is 11.1 Å². The van der Waals surface area contributed by atoms with Crippen molar-refractivity contribution >= 4 is 17.4 Å². The van der Waals surface area contributed by atoms with Crippen molar-refractivity contribution in [1.29, 1.82) is 0 Å². The highest BCUT2D eigenvalue weighted by Crippen LogP contribution is 2.20. The molecule has 1 fully saturated rings. The Hall–Kier alpha value is -1.14. The minimum absolute atomic E-state index is 0.0362. The first-order valence-corrected chi connectivity index (χ1v) is 9.06. The number of aryl methyl sites for hydroxylation is 2. The zero-order valence-electron chi connectivity index (χ0n) is 13.5. The molecule has 1 aliphatic heterocycles. The maximum absolute atomic E-state index is 12.1. The SMILES string of the molecule is Cc1csc(CCCCNC(=O)N2CCC(C(C)O)CC2)n1. The van der Waals surface area contributed by atoms with Crippen molar-refractivity contribution in [1.82, 2.24) is 15.2 Å². The minimum atomic E-state index is -0.264. The number of urea groups is 1. The van der Waals surface area contributed by atoms with E-state index >= 15 is 0 Å². The van der Waals surface area contributed by atoms with E-state index in [0.717, 1.165) is 57.4 Å². The summed E-state index contributed by atoms with van der Waals surface area (Å²) in [4.78, 5) is 18.4. The summed E-state index contributed by atoms with van der Waals surface area (Å²) in [6.07, 6.45) is 4.56. The van der Waals surface area contributed by atoms with Crippen LogP contribution in [0.1, 0.15) is 43.3 Å². The quantitative estimate of drug-likeness (QED) is 0.790. The van der Waals surface area contributed by atoms with Crippen molar-refractivity contribution in [2.45, 2.75) is 52.1 Å². The topological polar surface area (TPSA) is 65.5 Å². The third-order valence-corrected chi connectivity index (χ3v) is 5.30. The number of carbonyl (C=O) groups is 1. The predicted molar refractivity (Wildman–Crippen MR) is 89.2 cm³/mol. The van der Waals surface area contributed by atoms with Crippen LogP contribution in [0.25, 0.3) is 0 Å². The fourth-order valence-corrected chi connectivity index (χ4v) is 3.63. The fraction of sp³-hybridized carbons (Fsp3) is 0.750. The van der Waals surface area contributed by atoms with Crippen LogP contribution in [0.2, 0.25) is 0 Å². The Bertz CT molecular complexity index is 468. The van der Waals surface area contributed by atoms with Crippen LogP contribution in [-0.2, 0) is 6.42 Å². The van der Waals surface area contributed by atoms with E-state index in [9.17, 15) is 9.90 Å². The molecule has 2 N–H and O–H groups in total. The number of hydrogen-bond acceptors (Lipinski definition) is 4. The minimum Gasteiger partial charge on any atom is -0.393 e. The van der Waals surface area contributed by atoms with Gasteiger partial charge in [0.1, 0.15) is 0 Å². The second-order valence-electron chi connectivity index (χ2n) is 6.14. The van der Waals surface area contributed by atoms with Gasteiger partial charge >= 0.3 is 6.03 Å². The van der Waals surface area contributed by atoms with Crippen molar-refractivity contribution in [2.24, 2.45) is 5.92 Å². The standard InChI is InChI=1S/C16H27N3O2S/c1-12-11-22-15(18-12)5-3-4-8-17-16(21)19-9-6-14(7-10-19)13(2)20/h11,13-14,20H,3-10H2,1-2H3,(H,17,21). The number of carbonyl (C=O) groups excluding carboxylic acids is 1. The number of aliphatic hydroxyl groups is 1. The maximum atomic E-state index is 12.1. The monoisotopic (exact) mass is 325 g/mol. The van der Waals surface area contributed by atoms with Crippen molar-refractivity contribution < 1.29 is 9.90 Å². The summed E-state index contributed by atoms with van der Waals surface area (Å²) in [7, 11) is 0. The first-order chi connectivity index (χ1) is 10.6. The van der Waals surface area contributed by atoms with Gasteiger partial charge in [-0.05, 0) is 51.9 Å². The number of piperidine rings is 1. The normalized spacial score (nSPS) is 17.5. The number of thiazole rings is 1. The molecule has 1 aromatic rings. The molecule has 5 nitrogen and oxygen atoms in total. The van der Waals surface area contributed by atoms with E-state index in [1.807, 2.05) is 18.7 Å². The summed E-state index contributed by atoms with van der Waals surface area (Å²) < 4.78 is 0. The van der Waals surface area contributed by atoms with Crippen molar-refractivity contribution in [3.8, 4) is 0 Å². The van der Waals surface area contributed by atoms with E-state index in [1.54, 1.807) is 11.3 Å². The highest BCUT2D eigenvalue weighted by atomic mass is 32.1. The van der Waals surface area contributed by atoms with Crippen molar-refractivity contribution in [2.75, 3.05) is 19.6 Å². The molecule has 0 radical (unpaired) electrons. The average molecular weight is 325 g/mol. The van der Waals surface area contributed by atoms with Crippen LogP contribution in [0, 0.1) is 12.8 Å². The van der Waals surface area contributed by atoms with E-state index in [4.69, 9.17) is 0 Å². The lowest BCUT2D eigenvalue weighted by Crippen LogP contribution is -2.45. The molecule has 1 aromatic heterocycles. The molecule has 22 heavy (non-hydrogen) atoms. The number of likely N-dealkylation sites (tertiary alicyclic amines) is 1. The third-order valence-electron chi connectivity index (χ3n) is 4.27. The van der Waals surface area contributed by atoms with Crippen molar-refractivity contribution in [3.63, 3.8) is 0 Å². The lowest BCUT2D eigenvalue weighted by atomic mass is 9.92. The molecule has 0 spiro atoms. The summed E-state index contributed by atoms with van der Waals surface area (Å²) in [5.74, 6) is 0.339. The van der Waals surface area contributed by atoms with Crippen LogP contribution >= 0.6 is 11.3 Å². The summed E-state index contributed by atoms with van der Waals surface area (Å²) >= 11 is 1.71. The van der Waals surface area contributed by atoms with Crippen LogP contribution in [0.15, 0.2) is 5.38 Å². The molecule has 6 heteroatoms. The zero-order valence-corrected chi connectivity index (χ0v) is 14.4. The van der Waals surface area contributed by atoms with Gasteiger partial charge in [0.15, 0.2) is 0 Å². The lowest BCUT2D eigenvalue weighted by molar-refractivity contribution is 0.0798. The zero-order chi connectivity index (χ0) is 15.9. The molecule has 124 valence electrons. The van der Waals surface area contributed by atoms with E-state index < -0.39 is 0 Å².